The molecule has 2 rings (SSSR count). The molecule has 0 heterocycles. The highest BCUT2D eigenvalue weighted by Gasteiger charge is 2.39. The van der Waals surface area contributed by atoms with E-state index in [4.69, 9.17) is 17.3 Å². The fourth-order valence-electron chi connectivity index (χ4n) is 2.98. The highest BCUT2D eigenvalue weighted by atomic mass is 35.5. The molecule has 104 valence electrons. The molecule has 0 aromatic heterocycles. The van der Waals surface area contributed by atoms with Crippen molar-refractivity contribution in [2.75, 3.05) is 13.1 Å². The summed E-state index contributed by atoms with van der Waals surface area (Å²) in [6, 6.07) is 4.64. The summed E-state index contributed by atoms with van der Waals surface area (Å²) in [4.78, 5) is 0. The van der Waals surface area contributed by atoms with Crippen LogP contribution in [0.3, 0.4) is 0 Å². The van der Waals surface area contributed by atoms with E-state index in [9.17, 15) is 4.39 Å². The molecule has 0 aliphatic heterocycles. The van der Waals surface area contributed by atoms with E-state index in [-0.39, 0.29) is 11.2 Å². The maximum atomic E-state index is 13.2. The molecule has 0 amide bonds. The van der Waals surface area contributed by atoms with Gasteiger partial charge in [0, 0.05) is 29.2 Å². The fraction of sp³-hybridized carbons (Fsp3) is 0.467. The van der Waals surface area contributed by atoms with Crippen LogP contribution < -0.4 is 11.1 Å². The highest BCUT2D eigenvalue weighted by Crippen LogP contribution is 2.47. The number of nitrogens with two attached hydrogens (primary N) is 1. The molecule has 19 heavy (non-hydrogen) atoms. The van der Waals surface area contributed by atoms with E-state index < -0.39 is 0 Å². The predicted molar refractivity (Wildman–Crippen MR) is 77.8 cm³/mol. The average Bonchev–Trinajstić information content (AvgIpc) is 2.86. The van der Waals surface area contributed by atoms with Crippen LogP contribution in [0.4, 0.5) is 4.39 Å². The molecule has 1 aromatic carbocycles. The zero-order valence-corrected chi connectivity index (χ0v) is 11.8. The third-order valence-electron chi connectivity index (χ3n) is 3.96. The molecule has 0 spiro atoms. The molecule has 1 aliphatic carbocycles. The average molecular weight is 283 g/mol. The van der Waals surface area contributed by atoms with Crippen LogP contribution in [0.25, 0.3) is 0 Å². The van der Waals surface area contributed by atoms with Crippen molar-refractivity contribution in [3.05, 3.63) is 46.9 Å². The molecular weight excluding hydrogens is 263 g/mol. The van der Waals surface area contributed by atoms with Crippen molar-refractivity contribution in [2.24, 2.45) is 5.73 Å². The molecule has 2 nitrogen and oxygen atoms in total. The van der Waals surface area contributed by atoms with Gasteiger partial charge in [-0.1, -0.05) is 37.1 Å². The summed E-state index contributed by atoms with van der Waals surface area (Å²) in [6.07, 6.45) is 4.26. The molecule has 4 heteroatoms. The second kappa shape index (κ2) is 5.93. The summed E-state index contributed by atoms with van der Waals surface area (Å²) in [5.74, 6) is -0.303. The first-order valence-electron chi connectivity index (χ1n) is 6.69. The number of rotatable bonds is 5. The number of nitrogens with one attached hydrogen (secondary N) is 1. The van der Waals surface area contributed by atoms with Crippen molar-refractivity contribution in [2.45, 2.75) is 31.1 Å². The molecule has 0 radical (unpaired) electrons. The van der Waals surface area contributed by atoms with Gasteiger partial charge in [0.05, 0.1) is 0 Å². The van der Waals surface area contributed by atoms with Gasteiger partial charge in [0.15, 0.2) is 0 Å². The largest absolute Gasteiger partial charge is 0.387 e. The van der Waals surface area contributed by atoms with Gasteiger partial charge in [-0.25, -0.2) is 4.39 Å². The van der Waals surface area contributed by atoms with Gasteiger partial charge in [-0.3, -0.25) is 0 Å². The summed E-state index contributed by atoms with van der Waals surface area (Å²) in [6.45, 7) is 5.42. The minimum Gasteiger partial charge on any atom is -0.387 e. The Labute approximate surface area is 118 Å². The SMILES string of the molecule is C=C(NCCN)C1(c2ccc(F)cc2Cl)CCCC1. The molecule has 0 atom stereocenters. The Bertz CT molecular complexity index is 467. The molecule has 3 N–H and O–H groups in total. The minimum absolute atomic E-state index is 0.181. The zero-order valence-electron chi connectivity index (χ0n) is 11.0. The van der Waals surface area contributed by atoms with Crippen molar-refractivity contribution in [3.63, 3.8) is 0 Å². The Kier molecular flexibility index (Phi) is 4.48. The number of hydrogen-bond acceptors (Lipinski definition) is 2. The summed E-state index contributed by atoms with van der Waals surface area (Å²) >= 11 is 6.24. The monoisotopic (exact) mass is 282 g/mol. The third kappa shape index (κ3) is 2.77. The Morgan fingerprint density at radius 1 is 1.42 bits per heavy atom. The normalized spacial score (nSPS) is 17.4. The zero-order chi connectivity index (χ0) is 13.9. The van der Waals surface area contributed by atoms with Crippen LogP contribution in [0.2, 0.25) is 5.02 Å². The lowest BCUT2D eigenvalue weighted by Gasteiger charge is -2.33. The summed E-state index contributed by atoms with van der Waals surface area (Å²) in [5, 5.41) is 3.77. The van der Waals surface area contributed by atoms with Crippen molar-refractivity contribution in [3.8, 4) is 0 Å². The first-order valence-corrected chi connectivity index (χ1v) is 7.07. The van der Waals surface area contributed by atoms with Crippen LogP contribution in [0, 0.1) is 5.82 Å². The second-order valence-electron chi connectivity index (χ2n) is 5.11. The molecule has 1 fully saturated rings. The number of allylic oxidation sites excluding steroid dienone is 1. The maximum Gasteiger partial charge on any atom is 0.124 e. The smallest absolute Gasteiger partial charge is 0.124 e. The first kappa shape index (κ1) is 14.4. The number of benzene rings is 1. The predicted octanol–water partition coefficient (Wildman–Crippen LogP) is 3.35. The Hall–Kier alpha value is -1.06. The Morgan fingerprint density at radius 2 is 2.11 bits per heavy atom. The molecule has 0 saturated heterocycles. The van der Waals surface area contributed by atoms with Gasteiger partial charge in [-0.05, 0) is 30.5 Å². The lowest BCUT2D eigenvalue weighted by atomic mass is 9.76. The van der Waals surface area contributed by atoms with Crippen LogP contribution in [-0.2, 0) is 5.41 Å². The molecule has 0 unspecified atom stereocenters. The van der Waals surface area contributed by atoms with E-state index in [1.165, 1.54) is 12.1 Å². The third-order valence-corrected chi connectivity index (χ3v) is 4.28. The van der Waals surface area contributed by atoms with E-state index in [0.29, 0.717) is 18.1 Å². The molecule has 1 saturated carbocycles. The van der Waals surface area contributed by atoms with Gasteiger partial charge in [-0.15, -0.1) is 0 Å². The molecule has 1 aromatic rings. The Balaban J connectivity index is 2.36. The lowest BCUT2D eigenvalue weighted by Crippen LogP contribution is -2.35. The minimum atomic E-state index is -0.303. The summed E-state index contributed by atoms with van der Waals surface area (Å²) in [5.41, 5.74) is 7.27. The number of halogens is 2. The fourth-order valence-corrected chi connectivity index (χ4v) is 3.33. The lowest BCUT2D eigenvalue weighted by molar-refractivity contribution is 0.482. The van der Waals surface area contributed by atoms with Gasteiger partial charge >= 0.3 is 0 Å². The van der Waals surface area contributed by atoms with Gasteiger partial charge < -0.3 is 11.1 Å². The van der Waals surface area contributed by atoms with Gasteiger partial charge in [0.2, 0.25) is 0 Å². The molecule has 0 bridgehead atoms. The van der Waals surface area contributed by atoms with Crippen LogP contribution >= 0.6 is 11.6 Å². The van der Waals surface area contributed by atoms with Crippen LogP contribution in [0.15, 0.2) is 30.5 Å². The first-order chi connectivity index (χ1) is 9.10. The molecular formula is C15H20ClFN2. The van der Waals surface area contributed by atoms with Crippen LogP contribution in [0.1, 0.15) is 31.2 Å². The van der Waals surface area contributed by atoms with E-state index in [2.05, 4.69) is 11.9 Å². The molecule has 1 aliphatic rings. The maximum absolute atomic E-state index is 13.2. The van der Waals surface area contributed by atoms with Gasteiger partial charge in [0.1, 0.15) is 5.82 Å². The van der Waals surface area contributed by atoms with E-state index in [0.717, 1.165) is 36.9 Å². The van der Waals surface area contributed by atoms with E-state index in [1.54, 1.807) is 6.07 Å². The van der Waals surface area contributed by atoms with E-state index in [1.807, 2.05) is 0 Å². The topological polar surface area (TPSA) is 38.0 Å². The standard InChI is InChI=1S/C15H20ClFN2/c1-11(19-9-8-18)15(6-2-3-7-15)13-5-4-12(17)10-14(13)16/h4-5,10,19H,1-3,6-9,18H2. The van der Waals surface area contributed by atoms with Gasteiger partial charge in [0.25, 0.3) is 0 Å². The Morgan fingerprint density at radius 3 is 2.68 bits per heavy atom. The summed E-state index contributed by atoms with van der Waals surface area (Å²) < 4.78 is 13.2. The van der Waals surface area contributed by atoms with E-state index >= 15 is 0 Å². The van der Waals surface area contributed by atoms with Crippen LogP contribution in [0.5, 0.6) is 0 Å². The quantitative estimate of drug-likeness (QED) is 0.869. The van der Waals surface area contributed by atoms with Crippen molar-refractivity contribution >= 4 is 11.6 Å². The van der Waals surface area contributed by atoms with Crippen molar-refractivity contribution < 1.29 is 4.39 Å². The second-order valence-corrected chi connectivity index (χ2v) is 5.51. The van der Waals surface area contributed by atoms with Crippen molar-refractivity contribution in [1.82, 2.24) is 5.32 Å². The number of hydrogen-bond donors (Lipinski definition) is 2. The summed E-state index contributed by atoms with van der Waals surface area (Å²) in [7, 11) is 0. The van der Waals surface area contributed by atoms with Gasteiger partial charge in [-0.2, -0.15) is 0 Å². The highest BCUT2D eigenvalue weighted by molar-refractivity contribution is 6.31. The van der Waals surface area contributed by atoms with Crippen molar-refractivity contribution in [1.29, 1.82) is 0 Å². The van der Waals surface area contributed by atoms with Crippen LogP contribution in [-0.4, -0.2) is 13.1 Å².